The fraction of sp³-hybridized carbons (Fsp3) is 0.360. The molecule has 2 atom stereocenters. The van der Waals surface area contributed by atoms with Crippen molar-refractivity contribution in [1.29, 1.82) is 0 Å². The second-order valence-corrected chi connectivity index (χ2v) is 9.16. The summed E-state index contributed by atoms with van der Waals surface area (Å²) in [6.07, 6.45) is -1.46. The van der Waals surface area contributed by atoms with Crippen molar-refractivity contribution in [3.05, 3.63) is 72.3 Å². The minimum atomic E-state index is -4.35. The summed E-state index contributed by atoms with van der Waals surface area (Å²) in [5, 5.41) is 15.6. The normalized spacial score (nSPS) is 16.8. The number of anilines is 1. The summed E-state index contributed by atoms with van der Waals surface area (Å²) in [6.45, 7) is -1.55. The summed E-state index contributed by atoms with van der Waals surface area (Å²) in [5.74, 6) is -7.66. The van der Waals surface area contributed by atoms with Gasteiger partial charge in [0.1, 0.15) is 48.7 Å². The lowest BCUT2D eigenvalue weighted by molar-refractivity contribution is -0.148. The van der Waals surface area contributed by atoms with Crippen molar-refractivity contribution in [3.63, 3.8) is 0 Å². The number of aliphatic hydroxyl groups is 1. The first-order valence-electron chi connectivity index (χ1n) is 11.8. The molecule has 0 unspecified atom stereocenters. The van der Waals surface area contributed by atoms with Crippen LogP contribution in [0.25, 0.3) is 0 Å². The number of piperazine rings is 1. The van der Waals surface area contributed by atoms with Crippen molar-refractivity contribution in [3.8, 4) is 5.75 Å². The lowest BCUT2D eigenvalue weighted by atomic mass is 9.85. The molecule has 1 aliphatic heterocycles. The lowest BCUT2D eigenvalue weighted by Gasteiger charge is -2.44. The van der Waals surface area contributed by atoms with Crippen LogP contribution in [0.4, 0.5) is 32.0 Å². The highest BCUT2D eigenvalue weighted by Crippen LogP contribution is 2.34. The van der Waals surface area contributed by atoms with Gasteiger partial charge in [-0.05, 0) is 37.3 Å². The first kappa shape index (κ1) is 28.9. The van der Waals surface area contributed by atoms with Crippen molar-refractivity contribution in [2.24, 2.45) is 0 Å². The summed E-state index contributed by atoms with van der Waals surface area (Å²) >= 11 is 0. The Labute approximate surface area is 223 Å². The van der Waals surface area contributed by atoms with Crippen LogP contribution >= 0.6 is 0 Å². The quantitative estimate of drug-likeness (QED) is 0.376. The maximum Gasteiger partial charge on any atom is 0.340 e. The van der Waals surface area contributed by atoms with E-state index in [9.17, 15) is 41.0 Å². The minimum Gasteiger partial charge on any atom is -0.487 e. The van der Waals surface area contributed by atoms with Crippen molar-refractivity contribution in [2.45, 2.75) is 37.5 Å². The number of amides is 2. The number of rotatable bonds is 10. The van der Waals surface area contributed by atoms with Crippen LogP contribution in [-0.2, 0) is 21.7 Å². The van der Waals surface area contributed by atoms with E-state index in [-0.39, 0.29) is 23.5 Å². The molecule has 2 amide bonds. The van der Waals surface area contributed by atoms with Gasteiger partial charge in [0.05, 0.1) is 12.6 Å². The lowest BCUT2D eigenvalue weighted by Crippen LogP contribution is -2.62. The van der Waals surface area contributed by atoms with Crippen LogP contribution in [0.15, 0.2) is 55.1 Å². The molecule has 0 radical (unpaired) electrons. The van der Waals surface area contributed by atoms with Crippen LogP contribution in [0.5, 0.6) is 5.75 Å². The molecule has 1 saturated heterocycles. The Morgan fingerprint density at radius 1 is 1.05 bits per heavy atom. The molecule has 40 heavy (non-hydrogen) atoms. The molecular weight excluding hydrogens is 548 g/mol. The summed E-state index contributed by atoms with van der Waals surface area (Å²) in [5.41, 5.74) is -2.29. The number of carbonyl (C=O) groups excluding carboxylic acids is 2. The van der Waals surface area contributed by atoms with E-state index < -0.39 is 67.1 Å². The van der Waals surface area contributed by atoms with Crippen LogP contribution in [-0.4, -0.2) is 74.7 Å². The average Bonchev–Trinajstić information content (AvgIpc) is 3.41. The van der Waals surface area contributed by atoms with Crippen molar-refractivity contribution >= 4 is 17.5 Å². The molecule has 1 aromatic heterocycles. The Morgan fingerprint density at radius 3 is 2.35 bits per heavy atom. The van der Waals surface area contributed by atoms with Gasteiger partial charge < -0.3 is 19.6 Å². The number of nitrogens with zero attached hydrogens (tertiary/aromatic N) is 5. The van der Waals surface area contributed by atoms with E-state index in [1.54, 1.807) is 0 Å². The van der Waals surface area contributed by atoms with Crippen molar-refractivity contribution < 1.29 is 45.8 Å². The average molecular weight is 571 g/mol. The molecule has 1 N–H and O–H groups in total. The second kappa shape index (κ2) is 11.2. The molecule has 0 aliphatic carbocycles. The van der Waals surface area contributed by atoms with E-state index >= 15 is 0 Å². The van der Waals surface area contributed by atoms with Gasteiger partial charge in [-0.25, -0.2) is 27.2 Å². The topological polar surface area (TPSA) is 101 Å². The molecule has 0 bridgehead atoms. The van der Waals surface area contributed by atoms with Crippen LogP contribution in [0.3, 0.4) is 0 Å². The van der Waals surface area contributed by atoms with Gasteiger partial charge in [-0.3, -0.25) is 9.59 Å². The number of carbonyl (C=O) groups is 2. The number of halogens is 6. The van der Waals surface area contributed by atoms with Crippen molar-refractivity contribution in [1.82, 2.24) is 19.7 Å². The summed E-state index contributed by atoms with van der Waals surface area (Å²) < 4.78 is 85.2. The standard InChI is InChI=1S/C25H23F6N5O4/c1-15(24(39,11-34-14-32-13-33-34)19-7-2-16(26)8-20(19)27)35-9-22(38)36(10-21(35)37)17-3-5-18(6-4-17)40-12-25(30,31)23(28)29/h2-8,13-15,23,39H,9-12H2,1H3/t15-,24-/m1/s1. The number of ether oxygens (including phenoxy) is 1. The Balaban J connectivity index is 1.53. The van der Waals surface area contributed by atoms with E-state index in [1.807, 2.05) is 0 Å². The number of aromatic nitrogens is 3. The summed E-state index contributed by atoms with van der Waals surface area (Å²) in [4.78, 5) is 32.2. The first-order valence-corrected chi connectivity index (χ1v) is 11.8. The highest BCUT2D eigenvalue weighted by molar-refractivity contribution is 6.04. The molecule has 4 rings (SSSR count). The number of hydrogen-bond donors (Lipinski definition) is 1. The molecule has 2 heterocycles. The second-order valence-electron chi connectivity index (χ2n) is 9.16. The van der Waals surface area contributed by atoms with Gasteiger partial charge in [0.2, 0.25) is 11.8 Å². The molecule has 9 nitrogen and oxygen atoms in total. The van der Waals surface area contributed by atoms with Gasteiger partial charge in [-0.15, -0.1) is 0 Å². The molecule has 0 saturated carbocycles. The van der Waals surface area contributed by atoms with Gasteiger partial charge in [0.25, 0.3) is 0 Å². The number of benzene rings is 2. The predicted molar refractivity (Wildman–Crippen MR) is 127 cm³/mol. The summed E-state index contributed by atoms with van der Waals surface area (Å²) in [7, 11) is 0. The monoisotopic (exact) mass is 571 g/mol. The predicted octanol–water partition coefficient (Wildman–Crippen LogP) is 2.99. The van der Waals surface area contributed by atoms with Crippen molar-refractivity contribution in [2.75, 3.05) is 24.6 Å². The molecule has 1 fully saturated rings. The van der Waals surface area contributed by atoms with E-state index in [0.29, 0.717) is 6.07 Å². The Bertz CT molecular complexity index is 1360. The van der Waals surface area contributed by atoms with E-state index in [1.165, 1.54) is 48.5 Å². The van der Waals surface area contributed by atoms with Crippen LogP contribution < -0.4 is 9.64 Å². The SMILES string of the molecule is C[C@@H](N1CC(=O)N(c2ccc(OCC(F)(F)C(F)F)cc2)CC1=O)[C@](O)(Cn1cncn1)c1ccc(F)cc1F. The van der Waals surface area contributed by atoms with Gasteiger partial charge >= 0.3 is 12.3 Å². The first-order chi connectivity index (χ1) is 18.8. The van der Waals surface area contributed by atoms with E-state index in [4.69, 9.17) is 4.74 Å². The number of hydrogen-bond acceptors (Lipinski definition) is 6. The zero-order valence-electron chi connectivity index (χ0n) is 20.9. The molecule has 15 heteroatoms. The maximum absolute atomic E-state index is 14.8. The Kier molecular flexibility index (Phi) is 8.05. The molecule has 3 aromatic rings. The van der Waals surface area contributed by atoms with Crippen LogP contribution in [0.2, 0.25) is 0 Å². The summed E-state index contributed by atoms with van der Waals surface area (Å²) in [6, 6.07) is 6.30. The van der Waals surface area contributed by atoms with Crippen LogP contribution in [0.1, 0.15) is 12.5 Å². The third-order valence-electron chi connectivity index (χ3n) is 6.55. The van der Waals surface area contributed by atoms with E-state index in [0.717, 1.165) is 21.9 Å². The Morgan fingerprint density at radius 2 is 1.75 bits per heavy atom. The van der Waals surface area contributed by atoms with Gasteiger partial charge in [0.15, 0.2) is 6.61 Å². The van der Waals surface area contributed by atoms with Gasteiger partial charge in [-0.1, -0.05) is 6.07 Å². The molecule has 214 valence electrons. The zero-order valence-corrected chi connectivity index (χ0v) is 20.9. The van der Waals surface area contributed by atoms with Gasteiger partial charge in [0, 0.05) is 17.3 Å². The third kappa shape index (κ3) is 5.88. The minimum absolute atomic E-state index is 0.158. The van der Waals surface area contributed by atoms with Gasteiger partial charge in [-0.2, -0.15) is 13.9 Å². The molecule has 2 aromatic carbocycles. The number of alkyl halides is 4. The molecule has 1 aliphatic rings. The fourth-order valence-corrected chi connectivity index (χ4v) is 4.29. The highest BCUT2D eigenvalue weighted by atomic mass is 19.3. The largest absolute Gasteiger partial charge is 0.487 e. The van der Waals surface area contributed by atoms with E-state index in [2.05, 4.69) is 10.1 Å². The fourth-order valence-electron chi connectivity index (χ4n) is 4.29. The Hall–Kier alpha value is -4.14. The molecule has 0 spiro atoms. The third-order valence-corrected chi connectivity index (χ3v) is 6.55. The smallest absolute Gasteiger partial charge is 0.340 e. The highest BCUT2D eigenvalue weighted by Gasteiger charge is 2.46. The molecular formula is C25H23F6N5O4. The van der Waals surface area contributed by atoms with Crippen LogP contribution in [0, 0.1) is 11.6 Å². The maximum atomic E-state index is 14.8. The zero-order chi connectivity index (χ0) is 29.2.